The summed E-state index contributed by atoms with van der Waals surface area (Å²) < 4.78 is 43.7. The van der Waals surface area contributed by atoms with Crippen LogP contribution in [0.4, 0.5) is 19.1 Å². The van der Waals surface area contributed by atoms with Crippen LogP contribution in [0.3, 0.4) is 0 Å². The number of aromatic nitrogens is 3. The van der Waals surface area contributed by atoms with Gasteiger partial charge in [-0.25, -0.2) is 0 Å². The lowest BCUT2D eigenvalue weighted by Gasteiger charge is -2.29. The zero-order chi connectivity index (χ0) is 21.7. The third-order valence-electron chi connectivity index (χ3n) is 5.08. The highest BCUT2D eigenvalue weighted by Gasteiger charge is 2.32. The van der Waals surface area contributed by atoms with Crippen molar-refractivity contribution in [3.8, 4) is 0 Å². The molecular formula is C19H23ClF3N5O2. The number of methoxy groups -OCH3 is 1. The third-order valence-corrected chi connectivity index (χ3v) is 5.41. The number of aromatic amines is 1. The van der Waals surface area contributed by atoms with Crippen molar-refractivity contribution < 1.29 is 22.7 Å². The molecule has 3 N–H and O–H groups in total. The van der Waals surface area contributed by atoms with Crippen molar-refractivity contribution >= 4 is 23.5 Å². The Hall–Kier alpha value is -2.33. The molecule has 0 aliphatic heterocycles. The van der Waals surface area contributed by atoms with Gasteiger partial charge in [0.15, 0.2) is 5.82 Å². The Bertz CT molecular complexity index is 866. The van der Waals surface area contributed by atoms with E-state index >= 15 is 0 Å². The van der Waals surface area contributed by atoms with Gasteiger partial charge in [-0.05, 0) is 49.8 Å². The number of halogens is 4. The number of hydrogen-bond donors (Lipinski definition) is 3. The van der Waals surface area contributed by atoms with E-state index in [0.29, 0.717) is 30.8 Å². The fourth-order valence-electron chi connectivity index (χ4n) is 3.46. The Kier molecular flexibility index (Phi) is 7.19. The number of hydrogen-bond acceptors (Lipinski definition) is 5. The first-order valence-corrected chi connectivity index (χ1v) is 9.95. The molecule has 0 saturated heterocycles. The molecule has 1 aromatic carbocycles. The summed E-state index contributed by atoms with van der Waals surface area (Å²) in [5, 5.41) is 12.8. The van der Waals surface area contributed by atoms with Crippen molar-refractivity contribution in [3.63, 3.8) is 0 Å². The van der Waals surface area contributed by atoms with Gasteiger partial charge in [-0.1, -0.05) is 11.6 Å². The molecular weight excluding hydrogens is 423 g/mol. The van der Waals surface area contributed by atoms with E-state index in [4.69, 9.17) is 16.3 Å². The minimum Gasteiger partial charge on any atom is -0.377 e. The Morgan fingerprint density at radius 1 is 1.30 bits per heavy atom. The highest BCUT2D eigenvalue weighted by molar-refractivity contribution is 6.33. The summed E-state index contributed by atoms with van der Waals surface area (Å²) in [6.45, 7) is 1.06. The van der Waals surface area contributed by atoms with Gasteiger partial charge in [0.05, 0.1) is 16.1 Å². The van der Waals surface area contributed by atoms with E-state index in [0.717, 1.165) is 43.9 Å². The van der Waals surface area contributed by atoms with Gasteiger partial charge in [0.1, 0.15) is 6.61 Å². The van der Waals surface area contributed by atoms with Gasteiger partial charge in [-0.3, -0.25) is 9.89 Å². The number of nitrogens with one attached hydrogen (secondary N) is 3. The summed E-state index contributed by atoms with van der Waals surface area (Å²) >= 11 is 5.94. The van der Waals surface area contributed by atoms with Crippen molar-refractivity contribution in [3.05, 3.63) is 40.2 Å². The normalized spacial score (nSPS) is 19.5. The summed E-state index contributed by atoms with van der Waals surface area (Å²) in [7, 11) is 1.58. The number of carbonyl (C=O) groups excluding carboxylic acids is 1. The molecule has 1 amide bonds. The molecule has 0 bridgehead atoms. The van der Waals surface area contributed by atoms with E-state index in [2.05, 4.69) is 25.8 Å². The molecule has 30 heavy (non-hydrogen) atoms. The van der Waals surface area contributed by atoms with Crippen molar-refractivity contribution in [2.45, 2.75) is 44.5 Å². The van der Waals surface area contributed by atoms with Crippen molar-refractivity contribution in [2.24, 2.45) is 5.92 Å². The van der Waals surface area contributed by atoms with Crippen molar-refractivity contribution in [2.75, 3.05) is 19.0 Å². The van der Waals surface area contributed by atoms with E-state index < -0.39 is 17.6 Å². The summed E-state index contributed by atoms with van der Waals surface area (Å²) in [6, 6.07) is 2.66. The first kappa shape index (κ1) is 22.4. The molecule has 1 heterocycles. The number of alkyl halides is 3. The lowest BCUT2D eigenvalue weighted by molar-refractivity contribution is -0.137. The minimum absolute atomic E-state index is 0.00210. The van der Waals surface area contributed by atoms with Crippen LogP contribution in [0.1, 0.15) is 47.4 Å². The molecule has 1 aromatic heterocycles. The number of carbonyl (C=O) groups is 1. The summed E-state index contributed by atoms with van der Waals surface area (Å²) in [5.41, 5.74) is -1.06. The predicted octanol–water partition coefficient (Wildman–Crippen LogP) is 4.02. The molecule has 1 aliphatic carbocycles. The number of ether oxygens (including phenoxy) is 1. The monoisotopic (exact) mass is 445 g/mol. The number of anilines is 1. The quantitative estimate of drug-likeness (QED) is 0.598. The third kappa shape index (κ3) is 5.85. The van der Waals surface area contributed by atoms with E-state index in [1.165, 1.54) is 0 Å². The zero-order valence-corrected chi connectivity index (χ0v) is 17.1. The zero-order valence-electron chi connectivity index (χ0n) is 16.4. The van der Waals surface area contributed by atoms with Crippen molar-refractivity contribution in [1.82, 2.24) is 20.5 Å². The second-order valence-electron chi connectivity index (χ2n) is 7.30. The predicted molar refractivity (Wildman–Crippen MR) is 105 cm³/mol. The maximum atomic E-state index is 12.9. The fraction of sp³-hybridized carbons (Fsp3) is 0.526. The van der Waals surface area contributed by atoms with Gasteiger partial charge in [0.2, 0.25) is 5.95 Å². The average Bonchev–Trinajstić information content (AvgIpc) is 3.14. The molecule has 2 aromatic rings. The lowest BCUT2D eigenvalue weighted by atomic mass is 9.86. The van der Waals surface area contributed by atoms with Crippen LogP contribution >= 0.6 is 11.6 Å². The minimum atomic E-state index is -4.53. The standard InChI is InChI=1S/C19H23ClF3N5O2/c1-30-10-16-26-18(28-27-16)24-9-11-2-5-13(6-3-11)25-17(29)14-8-12(19(21,22)23)4-7-15(14)20/h4,7-8,11,13H,2-3,5-6,9-10H2,1H3,(H,25,29)(H2,24,26,27,28). The molecule has 1 fully saturated rings. The average molecular weight is 446 g/mol. The number of nitrogens with zero attached hydrogens (tertiary/aromatic N) is 2. The molecule has 0 atom stereocenters. The molecule has 0 spiro atoms. The molecule has 164 valence electrons. The first-order valence-electron chi connectivity index (χ1n) is 9.58. The van der Waals surface area contributed by atoms with Crippen molar-refractivity contribution in [1.29, 1.82) is 0 Å². The number of benzene rings is 1. The van der Waals surface area contributed by atoms with Gasteiger partial charge in [0, 0.05) is 19.7 Å². The van der Waals surface area contributed by atoms with Gasteiger partial charge in [-0.15, -0.1) is 5.10 Å². The van der Waals surface area contributed by atoms with Crippen LogP contribution in [0, 0.1) is 5.92 Å². The maximum Gasteiger partial charge on any atom is 0.416 e. The number of rotatable bonds is 7. The molecule has 3 rings (SSSR count). The van der Waals surface area contributed by atoms with E-state index in [1.54, 1.807) is 7.11 Å². The molecule has 7 nitrogen and oxygen atoms in total. The summed E-state index contributed by atoms with van der Waals surface area (Å²) in [4.78, 5) is 16.7. The van der Waals surface area contributed by atoms with Gasteiger partial charge in [0.25, 0.3) is 5.91 Å². The highest BCUT2D eigenvalue weighted by atomic mass is 35.5. The second kappa shape index (κ2) is 9.65. The number of amides is 1. The Morgan fingerprint density at radius 2 is 2.03 bits per heavy atom. The van der Waals surface area contributed by atoms with Crippen LogP contribution in [0.5, 0.6) is 0 Å². The van der Waals surface area contributed by atoms with Gasteiger partial charge >= 0.3 is 6.18 Å². The molecule has 11 heteroatoms. The van der Waals surface area contributed by atoms with Crippen LogP contribution in [-0.2, 0) is 17.5 Å². The molecule has 0 unspecified atom stereocenters. The fourth-order valence-corrected chi connectivity index (χ4v) is 3.66. The molecule has 1 aliphatic rings. The van der Waals surface area contributed by atoms with E-state index in [9.17, 15) is 18.0 Å². The van der Waals surface area contributed by atoms with Crippen LogP contribution in [0.15, 0.2) is 18.2 Å². The van der Waals surface area contributed by atoms with Crippen LogP contribution in [-0.4, -0.2) is 40.8 Å². The largest absolute Gasteiger partial charge is 0.416 e. The maximum absolute atomic E-state index is 12.9. The van der Waals surface area contributed by atoms with Crippen LogP contribution < -0.4 is 10.6 Å². The number of H-pyrrole nitrogens is 1. The topological polar surface area (TPSA) is 91.9 Å². The summed E-state index contributed by atoms with van der Waals surface area (Å²) in [6.07, 6.45) is -1.33. The lowest BCUT2D eigenvalue weighted by Crippen LogP contribution is -2.38. The van der Waals surface area contributed by atoms with E-state index in [-0.39, 0.29) is 16.6 Å². The van der Waals surface area contributed by atoms with Gasteiger partial charge < -0.3 is 15.4 Å². The second-order valence-corrected chi connectivity index (χ2v) is 7.71. The smallest absolute Gasteiger partial charge is 0.377 e. The van der Waals surface area contributed by atoms with Gasteiger partial charge in [-0.2, -0.15) is 18.2 Å². The van der Waals surface area contributed by atoms with Crippen LogP contribution in [0.2, 0.25) is 5.02 Å². The summed E-state index contributed by atoms with van der Waals surface area (Å²) in [5.74, 6) is 0.954. The SMILES string of the molecule is COCc1nc(NCC2CCC(NC(=O)c3cc(C(F)(F)F)ccc3Cl)CC2)n[nH]1. The van der Waals surface area contributed by atoms with Crippen LogP contribution in [0.25, 0.3) is 0 Å². The first-order chi connectivity index (χ1) is 14.3. The van der Waals surface area contributed by atoms with E-state index in [1.807, 2.05) is 0 Å². The Morgan fingerprint density at radius 3 is 2.70 bits per heavy atom. The Labute approximate surface area is 176 Å². The highest BCUT2D eigenvalue weighted by Crippen LogP contribution is 2.32. The molecule has 0 radical (unpaired) electrons. The Balaban J connectivity index is 1.48. The molecule has 1 saturated carbocycles.